The van der Waals surface area contributed by atoms with Gasteiger partial charge in [0, 0.05) is 24.6 Å². The first-order chi connectivity index (χ1) is 16.8. The number of rotatable bonds is 6. The van der Waals surface area contributed by atoms with E-state index in [9.17, 15) is 22.8 Å². The highest BCUT2D eigenvalue weighted by Crippen LogP contribution is 2.49. The molecule has 0 aliphatic carbocycles. The molecule has 3 heterocycles. The van der Waals surface area contributed by atoms with Crippen LogP contribution in [-0.4, -0.2) is 69.4 Å². The molecule has 2 aromatic carbocycles. The van der Waals surface area contributed by atoms with Crippen LogP contribution in [0.4, 0.5) is 5.69 Å². The maximum atomic E-state index is 13.6. The molecule has 184 valence electrons. The first kappa shape index (κ1) is 23.2. The monoisotopic (exact) mass is 499 g/mol. The van der Waals surface area contributed by atoms with E-state index >= 15 is 0 Å². The lowest BCUT2D eigenvalue weighted by Gasteiger charge is -2.40. The topological polar surface area (TPSA) is 122 Å². The van der Waals surface area contributed by atoms with E-state index in [0.717, 1.165) is 0 Å². The van der Waals surface area contributed by atoms with E-state index in [4.69, 9.17) is 9.47 Å². The molecule has 0 spiro atoms. The average molecular weight is 500 g/mol. The van der Waals surface area contributed by atoms with Gasteiger partial charge in [-0.1, -0.05) is 18.2 Å². The van der Waals surface area contributed by atoms with Crippen molar-refractivity contribution in [2.45, 2.75) is 25.0 Å². The summed E-state index contributed by atoms with van der Waals surface area (Å²) in [5, 5.41) is 2.76. The number of hydrogen-bond acceptors (Lipinski definition) is 7. The summed E-state index contributed by atoms with van der Waals surface area (Å²) >= 11 is 0. The van der Waals surface area contributed by atoms with E-state index in [1.54, 1.807) is 41.3 Å². The number of carbonyl (C=O) groups excluding carboxylic acids is 3. The molecule has 11 heteroatoms. The molecule has 0 bridgehead atoms. The quantitative estimate of drug-likeness (QED) is 0.639. The summed E-state index contributed by atoms with van der Waals surface area (Å²) in [7, 11) is -0.194. The third-order valence-corrected chi connectivity index (χ3v) is 8.43. The van der Waals surface area contributed by atoms with Gasteiger partial charge in [0.1, 0.15) is 6.17 Å². The fourth-order valence-corrected chi connectivity index (χ4v) is 6.76. The molecular weight excluding hydrogens is 474 g/mol. The fraction of sp³-hybridized carbons (Fsp3) is 0.375. The largest absolute Gasteiger partial charge is 0.493 e. The number of para-hydroxylation sites is 1. The lowest BCUT2D eigenvalue weighted by atomic mass is 10.0. The van der Waals surface area contributed by atoms with Gasteiger partial charge in [-0.3, -0.25) is 19.3 Å². The molecule has 1 fully saturated rings. The van der Waals surface area contributed by atoms with Crippen molar-refractivity contribution in [2.24, 2.45) is 0 Å². The number of methoxy groups -OCH3 is 2. The molecule has 2 aromatic rings. The van der Waals surface area contributed by atoms with Gasteiger partial charge >= 0.3 is 0 Å². The molecule has 3 amide bonds. The number of anilines is 1. The number of nitrogens with one attached hydrogen (secondary N) is 1. The van der Waals surface area contributed by atoms with Crippen LogP contribution in [0.1, 0.15) is 45.3 Å². The molecule has 0 unspecified atom stereocenters. The van der Waals surface area contributed by atoms with Crippen LogP contribution in [0.3, 0.4) is 0 Å². The minimum atomic E-state index is -3.13. The summed E-state index contributed by atoms with van der Waals surface area (Å²) in [6.45, 7) is 0.0424. The molecule has 0 radical (unpaired) electrons. The number of carbonyl (C=O) groups is 3. The van der Waals surface area contributed by atoms with Crippen LogP contribution in [0.5, 0.6) is 11.5 Å². The standard InChI is InChI=1S/C24H25N3O7S/c1-33-18-8-7-16-20(21(18)34-2)24(30)27-17-6-4-3-5-15(17)23(29)26(22(16)27)11-9-19(28)25-14-10-12-35(31,32)13-14/h3-8,14,22H,9-13H2,1-2H3,(H,25,28)/t14-,22-/m0/s1. The third kappa shape index (κ3) is 3.79. The Hall–Kier alpha value is -3.60. The molecule has 3 aliphatic rings. The van der Waals surface area contributed by atoms with Crippen LogP contribution in [0.15, 0.2) is 36.4 Å². The van der Waals surface area contributed by atoms with Crippen LogP contribution in [0.2, 0.25) is 0 Å². The molecule has 35 heavy (non-hydrogen) atoms. The zero-order valence-electron chi connectivity index (χ0n) is 19.3. The second-order valence-corrected chi connectivity index (χ2v) is 11.0. The summed E-state index contributed by atoms with van der Waals surface area (Å²) in [6, 6.07) is 9.85. The van der Waals surface area contributed by atoms with E-state index in [1.807, 2.05) is 0 Å². The lowest BCUT2D eigenvalue weighted by molar-refractivity contribution is -0.121. The molecule has 5 rings (SSSR count). The Bertz CT molecular complexity index is 1340. The van der Waals surface area contributed by atoms with Crippen molar-refractivity contribution >= 4 is 33.2 Å². The van der Waals surface area contributed by atoms with Crippen LogP contribution < -0.4 is 19.7 Å². The van der Waals surface area contributed by atoms with Crippen LogP contribution in [0, 0.1) is 0 Å². The number of nitrogens with zero attached hydrogens (tertiary/aromatic N) is 2. The highest BCUT2D eigenvalue weighted by molar-refractivity contribution is 7.91. The van der Waals surface area contributed by atoms with Gasteiger partial charge in [0.05, 0.1) is 42.5 Å². The van der Waals surface area contributed by atoms with Gasteiger partial charge in [-0.15, -0.1) is 0 Å². The predicted molar refractivity (Wildman–Crippen MR) is 126 cm³/mol. The van der Waals surface area contributed by atoms with Gasteiger partial charge in [0.15, 0.2) is 21.3 Å². The molecule has 1 saturated heterocycles. The summed E-state index contributed by atoms with van der Waals surface area (Å²) in [6.07, 6.45) is -0.408. The zero-order chi connectivity index (χ0) is 24.9. The van der Waals surface area contributed by atoms with Crippen molar-refractivity contribution in [1.29, 1.82) is 0 Å². The molecular formula is C24H25N3O7S. The van der Waals surface area contributed by atoms with Gasteiger partial charge in [-0.2, -0.15) is 0 Å². The maximum Gasteiger partial charge on any atom is 0.264 e. The van der Waals surface area contributed by atoms with E-state index in [-0.39, 0.29) is 47.9 Å². The van der Waals surface area contributed by atoms with Gasteiger partial charge < -0.3 is 19.7 Å². The second-order valence-electron chi connectivity index (χ2n) is 8.75. The van der Waals surface area contributed by atoms with Crippen molar-refractivity contribution < 1.29 is 32.3 Å². The molecule has 3 aliphatic heterocycles. The molecule has 2 atom stereocenters. The van der Waals surface area contributed by atoms with Crippen molar-refractivity contribution in [3.05, 3.63) is 53.1 Å². The number of benzene rings is 2. The Morgan fingerprint density at radius 1 is 1.09 bits per heavy atom. The minimum absolute atomic E-state index is 0.0361. The lowest BCUT2D eigenvalue weighted by Crippen LogP contribution is -2.49. The number of sulfone groups is 1. The van der Waals surface area contributed by atoms with Crippen molar-refractivity contribution in [3.63, 3.8) is 0 Å². The average Bonchev–Trinajstić information content (AvgIpc) is 3.34. The zero-order valence-corrected chi connectivity index (χ0v) is 20.1. The number of ether oxygens (including phenoxy) is 2. The maximum absolute atomic E-state index is 13.6. The third-order valence-electron chi connectivity index (χ3n) is 6.66. The van der Waals surface area contributed by atoms with Crippen LogP contribution in [-0.2, 0) is 14.6 Å². The van der Waals surface area contributed by atoms with Gasteiger partial charge in [-0.25, -0.2) is 8.42 Å². The predicted octanol–water partition coefficient (Wildman–Crippen LogP) is 1.51. The normalized spacial score (nSPS) is 21.9. The Morgan fingerprint density at radius 2 is 1.86 bits per heavy atom. The fourth-order valence-electron chi connectivity index (χ4n) is 5.08. The first-order valence-corrected chi connectivity index (χ1v) is 13.1. The number of hydrogen-bond donors (Lipinski definition) is 1. The summed E-state index contributed by atoms with van der Waals surface area (Å²) in [5.41, 5.74) is 1.74. The summed E-state index contributed by atoms with van der Waals surface area (Å²) in [5.74, 6) is -0.303. The van der Waals surface area contributed by atoms with E-state index in [0.29, 0.717) is 34.5 Å². The summed E-state index contributed by atoms with van der Waals surface area (Å²) in [4.78, 5) is 42.8. The van der Waals surface area contributed by atoms with Crippen molar-refractivity contribution in [2.75, 3.05) is 37.2 Å². The molecule has 1 N–H and O–H groups in total. The molecule has 0 aromatic heterocycles. The Balaban J connectivity index is 1.48. The van der Waals surface area contributed by atoms with Crippen molar-refractivity contribution in [3.8, 4) is 11.5 Å². The SMILES string of the molecule is COc1ccc2c(c1OC)C(=O)N1c3ccccc3C(=O)N(CCC(=O)N[C@H]3CCS(=O)(=O)C3)[C@H]21. The Kier molecular flexibility index (Phi) is 5.66. The second kappa shape index (κ2) is 8.56. The smallest absolute Gasteiger partial charge is 0.264 e. The first-order valence-electron chi connectivity index (χ1n) is 11.2. The van der Waals surface area contributed by atoms with Crippen LogP contribution in [0.25, 0.3) is 0 Å². The van der Waals surface area contributed by atoms with Crippen molar-refractivity contribution in [1.82, 2.24) is 10.2 Å². The minimum Gasteiger partial charge on any atom is -0.493 e. The molecule has 0 saturated carbocycles. The highest BCUT2D eigenvalue weighted by Gasteiger charge is 2.49. The van der Waals surface area contributed by atoms with E-state index in [1.165, 1.54) is 19.1 Å². The number of fused-ring (bicyclic) bond motifs is 5. The van der Waals surface area contributed by atoms with E-state index < -0.39 is 22.0 Å². The number of amides is 3. The Morgan fingerprint density at radius 3 is 2.54 bits per heavy atom. The van der Waals surface area contributed by atoms with Crippen LogP contribution >= 0.6 is 0 Å². The molecule has 10 nitrogen and oxygen atoms in total. The Labute approximate surface area is 202 Å². The van der Waals surface area contributed by atoms with Gasteiger partial charge in [0.2, 0.25) is 5.91 Å². The highest BCUT2D eigenvalue weighted by atomic mass is 32.2. The van der Waals surface area contributed by atoms with Gasteiger partial charge in [-0.05, 0) is 24.6 Å². The summed E-state index contributed by atoms with van der Waals surface area (Å²) < 4.78 is 34.3. The van der Waals surface area contributed by atoms with Gasteiger partial charge in [0.25, 0.3) is 11.8 Å². The van der Waals surface area contributed by atoms with E-state index in [2.05, 4.69) is 5.32 Å².